The molecule has 0 aliphatic carbocycles. The van der Waals surface area contributed by atoms with E-state index in [-0.39, 0.29) is 5.82 Å². The molecule has 3 rings (SSSR count). The molecule has 3 aromatic rings. The molecule has 0 spiro atoms. The van der Waals surface area contributed by atoms with Gasteiger partial charge in [-0.15, -0.1) is 0 Å². The minimum atomic E-state index is -0.246. The number of aryl methyl sites for hydroxylation is 1. The molecule has 2 aromatic carbocycles. The molecular formula is C16H14FN3. The molecule has 0 bridgehead atoms. The van der Waals surface area contributed by atoms with Crippen LogP contribution in [0.1, 0.15) is 5.56 Å². The van der Waals surface area contributed by atoms with Crippen molar-refractivity contribution < 1.29 is 4.39 Å². The molecule has 3 nitrogen and oxygen atoms in total. The predicted molar refractivity (Wildman–Crippen MR) is 79.2 cm³/mol. The van der Waals surface area contributed by atoms with Crippen molar-refractivity contribution in [2.45, 2.75) is 6.92 Å². The Morgan fingerprint density at radius 2 is 1.90 bits per heavy atom. The Balaban J connectivity index is 2.36. The van der Waals surface area contributed by atoms with Gasteiger partial charge in [-0.05, 0) is 30.7 Å². The number of rotatable bonds is 2. The van der Waals surface area contributed by atoms with E-state index < -0.39 is 0 Å². The number of fused-ring (bicyclic) bond motifs is 1. The number of hydrogen-bond donors (Lipinski definition) is 1. The van der Waals surface area contributed by atoms with Crippen molar-refractivity contribution in [2.24, 2.45) is 0 Å². The van der Waals surface area contributed by atoms with E-state index in [0.29, 0.717) is 11.5 Å². The Bertz CT molecular complexity index is 784. The summed E-state index contributed by atoms with van der Waals surface area (Å²) in [6.07, 6.45) is 1.76. The highest BCUT2D eigenvalue weighted by atomic mass is 19.1. The molecule has 0 saturated carbocycles. The van der Waals surface area contributed by atoms with Crippen LogP contribution in [0.15, 0.2) is 42.6 Å². The van der Waals surface area contributed by atoms with Gasteiger partial charge >= 0.3 is 0 Å². The van der Waals surface area contributed by atoms with Gasteiger partial charge in [0.25, 0.3) is 0 Å². The third-order valence-electron chi connectivity index (χ3n) is 3.21. The molecule has 1 N–H and O–H groups in total. The number of anilines is 1. The summed E-state index contributed by atoms with van der Waals surface area (Å²) in [6, 6.07) is 10.7. The summed E-state index contributed by atoms with van der Waals surface area (Å²) >= 11 is 0. The summed E-state index contributed by atoms with van der Waals surface area (Å²) in [5.41, 5.74) is 3.15. The van der Waals surface area contributed by atoms with E-state index in [1.807, 2.05) is 25.1 Å². The number of nitrogens with one attached hydrogen (secondary N) is 1. The topological polar surface area (TPSA) is 37.8 Å². The van der Waals surface area contributed by atoms with Gasteiger partial charge in [-0.3, -0.25) is 0 Å². The Morgan fingerprint density at radius 1 is 1.10 bits per heavy atom. The van der Waals surface area contributed by atoms with Gasteiger partial charge in [0.2, 0.25) is 5.95 Å². The smallest absolute Gasteiger partial charge is 0.222 e. The lowest BCUT2D eigenvalue weighted by Crippen LogP contribution is -1.97. The summed E-state index contributed by atoms with van der Waals surface area (Å²) in [6.45, 7) is 1.98. The molecule has 0 unspecified atom stereocenters. The molecular weight excluding hydrogens is 253 g/mol. The fraction of sp³-hybridized carbons (Fsp3) is 0.125. The second-order valence-electron chi connectivity index (χ2n) is 4.67. The average molecular weight is 267 g/mol. The lowest BCUT2D eigenvalue weighted by atomic mass is 9.99. The van der Waals surface area contributed by atoms with Crippen molar-refractivity contribution in [1.82, 2.24) is 9.97 Å². The van der Waals surface area contributed by atoms with E-state index >= 15 is 0 Å². The Hall–Kier alpha value is -2.49. The predicted octanol–water partition coefficient (Wildman–Crippen LogP) is 3.79. The van der Waals surface area contributed by atoms with Gasteiger partial charge in [0.1, 0.15) is 5.82 Å². The Labute approximate surface area is 116 Å². The van der Waals surface area contributed by atoms with Gasteiger partial charge in [-0.25, -0.2) is 14.4 Å². The molecule has 0 aliphatic heterocycles. The first kappa shape index (κ1) is 12.5. The largest absolute Gasteiger partial charge is 0.357 e. The van der Waals surface area contributed by atoms with Crippen LogP contribution in [0.5, 0.6) is 0 Å². The number of hydrogen-bond acceptors (Lipinski definition) is 3. The van der Waals surface area contributed by atoms with E-state index in [2.05, 4.69) is 15.3 Å². The molecule has 0 amide bonds. The summed E-state index contributed by atoms with van der Waals surface area (Å²) < 4.78 is 14.1. The van der Waals surface area contributed by atoms with E-state index in [1.165, 1.54) is 6.07 Å². The van der Waals surface area contributed by atoms with Gasteiger partial charge in [-0.2, -0.15) is 0 Å². The molecule has 100 valence electrons. The molecule has 0 fully saturated rings. The maximum Gasteiger partial charge on any atom is 0.222 e. The molecule has 0 radical (unpaired) electrons. The second kappa shape index (κ2) is 4.89. The average Bonchev–Trinajstić information content (AvgIpc) is 2.46. The maximum absolute atomic E-state index is 14.1. The van der Waals surface area contributed by atoms with Crippen molar-refractivity contribution in [1.29, 1.82) is 0 Å². The van der Waals surface area contributed by atoms with E-state index in [9.17, 15) is 4.39 Å². The van der Waals surface area contributed by atoms with Crippen LogP contribution in [0.25, 0.3) is 22.0 Å². The normalized spacial score (nSPS) is 10.8. The van der Waals surface area contributed by atoms with Crippen LogP contribution in [0, 0.1) is 12.7 Å². The zero-order valence-corrected chi connectivity index (χ0v) is 11.3. The van der Waals surface area contributed by atoms with Crippen molar-refractivity contribution in [2.75, 3.05) is 12.4 Å². The summed E-state index contributed by atoms with van der Waals surface area (Å²) in [4.78, 5) is 8.67. The monoisotopic (exact) mass is 267 g/mol. The van der Waals surface area contributed by atoms with E-state index in [1.54, 1.807) is 25.4 Å². The molecule has 0 saturated heterocycles. The van der Waals surface area contributed by atoms with Crippen LogP contribution in [0.4, 0.5) is 10.3 Å². The van der Waals surface area contributed by atoms with E-state index in [4.69, 9.17) is 0 Å². The SMILES string of the molecule is CNc1ncc2cc(C)cc(-c3ccccc3F)c2n1. The molecule has 1 aromatic heterocycles. The first-order chi connectivity index (χ1) is 9.69. The Kier molecular flexibility index (Phi) is 3.06. The number of nitrogens with zero attached hydrogens (tertiary/aromatic N) is 2. The maximum atomic E-state index is 14.1. The Morgan fingerprint density at radius 3 is 2.65 bits per heavy atom. The van der Waals surface area contributed by atoms with Crippen molar-refractivity contribution in [3.8, 4) is 11.1 Å². The first-order valence-corrected chi connectivity index (χ1v) is 6.39. The highest BCUT2D eigenvalue weighted by Gasteiger charge is 2.11. The molecule has 0 aliphatic rings. The van der Waals surface area contributed by atoms with Crippen LogP contribution in [0.3, 0.4) is 0 Å². The number of halogens is 1. The molecule has 0 atom stereocenters. The summed E-state index contributed by atoms with van der Waals surface area (Å²) in [5.74, 6) is 0.281. The fourth-order valence-electron chi connectivity index (χ4n) is 2.30. The highest BCUT2D eigenvalue weighted by molar-refractivity contribution is 5.94. The van der Waals surface area contributed by atoms with Crippen LogP contribution >= 0.6 is 0 Å². The third kappa shape index (κ3) is 2.09. The molecule has 20 heavy (non-hydrogen) atoms. The number of aromatic nitrogens is 2. The van der Waals surface area contributed by atoms with Crippen molar-refractivity contribution >= 4 is 16.9 Å². The lowest BCUT2D eigenvalue weighted by Gasteiger charge is -2.10. The van der Waals surface area contributed by atoms with Crippen LogP contribution in [0.2, 0.25) is 0 Å². The zero-order chi connectivity index (χ0) is 14.1. The molecule has 1 heterocycles. The third-order valence-corrected chi connectivity index (χ3v) is 3.21. The minimum absolute atomic E-state index is 0.246. The second-order valence-corrected chi connectivity index (χ2v) is 4.67. The van der Waals surface area contributed by atoms with Crippen LogP contribution in [-0.2, 0) is 0 Å². The van der Waals surface area contributed by atoms with Crippen LogP contribution < -0.4 is 5.32 Å². The minimum Gasteiger partial charge on any atom is -0.357 e. The van der Waals surface area contributed by atoms with Gasteiger partial charge in [0, 0.05) is 29.8 Å². The number of benzene rings is 2. The van der Waals surface area contributed by atoms with Gasteiger partial charge in [0.15, 0.2) is 0 Å². The quantitative estimate of drug-likeness (QED) is 0.767. The first-order valence-electron chi connectivity index (χ1n) is 6.39. The van der Waals surface area contributed by atoms with Gasteiger partial charge in [-0.1, -0.05) is 18.2 Å². The standard InChI is InChI=1S/C16H14FN3/c1-10-7-11-9-19-16(18-2)20-15(11)13(8-10)12-5-3-4-6-14(12)17/h3-9H,1-2H3,(H,18,19,20). The van der Waals surface area contributed by atoms with Gasteiger partial charge in [0.05, 0.1) is 5.52 Å². The van der Waals surface area contributed by atoms with Crippen molar-refractivity contribution in [3.63, 3.8) is 0 Å². The summed E-state index contributed by atoms with van der Waals surface area (Å²) in [7, 11) is 1.76. The highest BCUT2D eigenvalue weighted by Crippen LogP contribution is 2.30. The van der Waals surface area contributed by atoms with Crippen molar-refractivity contribution in [3.05, 3.63) is 54.0 Å². The van der Waals surface area contributed by atoms with Gasteiger partial charge < -0.3 is 5.32 Å². The van der Waals surface area contributed by atoms with Crippen LogP contribution in [-0.4, -0.2) is 17.0 Å². The molecule has 4 heteroatoms. The lowest BCUT2D eigenvalue weighted by molar-refractivity contribution is 0.631. The zero-order valence-electron chi connectivity index (χ0n) is 11.3. The van der Waals surface area contributed by atoms with E-state index in [0.717, 1.165) is 22.0 Å². The summed E-state index contributed by atoms with van der Waals surface area (Å²) in [5, 5.41) is 3.82. The fourth-order valence-corrected chi connectivity index (χ4v) is 2.30.